The third kappa shape index (κ3) is 3.96. The number of likely N-dealkylation sites (tertiary alicyclic amines) is 1. The van der Waals surface area contributed by atoms with Gasteiger partial charge in [-0.2, -0.15) is 0 Å². The Labute approximate surface area is 127 Å². The standard InChI is InChI=1S/C17H27N3O/c1-4-13(3)19-16-12-14(9-10-18-16)17(21)20-11-7-6-8-15(20)5-2/h9-10,12-13,15H,4-8,11H2,1-3H3,(H,18,19). The van der Waals surface area contributed by atoms with Crippen LogP contribution in [0.5, 0.6) is 0 Å². The van der Waals surface area contributed by atoms with Crippen LogP contribution < -0.4 is 5.32 Å². The van der Waals surface area contributed by atoms with Crippen molar-refractivity contribution in [3.8, 4) is 0 Å². The van der Waals surface area contributed by atoms with Gasteiger partial charge in [0.1, 0.15) is 5.82 Å². The quantitative estimate of drug-likeness (QED) is 0.899. The fourth-order valence-electron chi connectivity index (χ4n) is 2.86. The largest absolute Gasteiger partial charge is 0.368 e. The minimum absolute atomic E-state index is 0.149. The molecule has 1 aromatic heterocycles. The summed E-state index contributed by atoms with van der Waals surface area (Å²) in [6, 6.07) is 4.47. The first-order valence-corrected chi connectivity index (χ1v) is 8.19. The van der Waals surface area contributed by atoms with Crippen molar-refractivity contribution >= 4 is 11.7 Å². The summed E-state index contributed by atoms with van der Waals surface area (Å²) in [6.45, 7) is 7.30. The van der Waals surface area contributed by atoms with Crippen LogP contribution in [0.2, 0.25) is 0 Å². The van der Waals surface area contributed by atoms with Gasteiger partial charge in [-0.25, -0.2) is 4.98 Å². The molecule has 4 heteroatoms. The van der Waals surface area contributed by atoms with Crippen molar-refractivity contribution < 1.29 is 4.79 Å². The Hall–Kier alpha value is -1.58. The molecular formula is C17H27N3O. The van der Waals surface area contributed by atoms with Gasteiger partial charge in [-0.05, 0) is 51.2 Å². The molecular weight excluding hydrogens is 262 g/mol. The van der Waals surface area contributed by atoms with Gasteiger partial charge in [-0.3, -0.25) is 4.79 Å². The van der Waals surface area contributed by atoms with Crippen molar-refractivity contribution in [1.29, 1.82) is 0 Å². The van der Waals surface area contributed by atoms with Crippen LogP contribution in [0, 0.1) is 0 Å². The van der Waals surface area contributed by atoms with E-state index in [4.69, 9.17) is 0 Å². The van der Waals surface area contributed by atoms with Gasteiger partial charge in [0, 0.05) is 30.4 Å². The minimum Gasteiger partial charge on any atom is -0.368 e. The van der Waals surface area contributed by atoms with Crippen LogP contribution in [0.15, 0.2) is 18.3 Å². The highest BCUT2D eigenvalue weighted by Gasteiger charge is 2.26. The summed E-state index contributed by atoms with van der Waals surface area (Å²) in [5.74, 6) is 0.941. The molecule has 0 radical (unpaired) electrons. The second kappa shape index (κ2) is 7.43. The van der Waals surface area contributed by atoms with E-state index in [2.05, 4.69) is 31.1 Å². The Morgan fingerprint density at radius 1 is 1.48 bits per heavy atom. The van der Waals surface area contributed by atoms with Gasteiger partial charge in [-0.1, -0.05) is 13.8 Å². The first kappa shape index (κ1) is 15.8. The molecule has 1 aromatic rings. The SMILES string of the molecule is CCC(C)Nc1cc(C(=O)N2CCCCC2CC)ccn1. The number of pyridine rings is 1. The summed E-state index contributed by atoms with van der Waals surface area (Å²) < 4.78 is 0. The van der Waals surface area contributed by atoms with Gasteiger partial charge in [0.2, 0.25) is 0 Å². The van der Waals surface area contributed by atoms with Gasteiger partial charge in [0.15, 0.2) is 0 Å². The number of carbonyl (C=O) groups is 1. The van der Waals surface area contributed by atoms with E-state index in [0.29, 0.717) is 12.1 Å². The topological polar surface area (TPSA) is 45.2 Å². The second-order valence-electron chi connectivity index (χ2n) is 5.94. The maximum atomic E-state index is 12.7. The smallest absolute Gasteiger partial charge is 0.254 e. The van der Waals surface area contributed by atoms with Crippen molar-refractivity contribution in [2.45, 2.75) is 65.0 Å². The zero-order valence-electron chi connectivity index (χ0n) is 13.4. The maximum Gasteiger partial charge on any atom is 0.254 e. The van der Waals surface area contributed by atoms with E-state index < -0.39 is 0 Å². The molecule has 2 rings (SSSR count). The summed E-state index contributed by atoms with van der Waals surface area (Å²) in [5.41, 5.74) is 0.746. The first-order valence-electron chi connectivity index (χ1n) is 8.19. The molecule has 0 spiro atoms. The lowest BCUT2D eigenvalue weighted by atomic mass is 9.99. The summed E-state index contributed by atoms with van der Waals surface area (Å²) >= 11 is 0. The molecule has 0 aliphatic carbocycles. The Kier molecular flexibility index (Phi) is 5.59. The van der Waals surface area contributed by atoms with Gasteiger partial charge in [0.25, 0.3) is 5.91 Å². The predicted octanol–water partition coefficient (Wildman–Crippen LogP) is 3.70. The van der Waals surface area contributed by atoms with E-state index in [1.165, 1.54) is 6.42 Å². The van der Waals surface area contributed by atoms with Gasteiger partial charge >= 0.3 is 0 Å². The molecule has 1 fully saturated rings. The molecule has 0 bridgehead atoms. The van der Waals surface area contributed by atoms with Gasteiger partial charge in [0.05, 0.1) is 0 Å². The molecule has 2 unspecified atom stereocenters. The molecule has 2 atom stereocenters. The summed E-state index contributed by atoms with van der Waals surface area (Å²) in [5, 5.41) is 3.33. The van der Waals surface area contributed by atoms with Crippen LogP contribution in [0.4, 0.5) is 5.82 Å². The number of nitrogens with zero attached hydrogens (tertiary/aromatic N) is 2. The maximum absolute atomic E-state index is 12.7. The molecule has 21 heavy (non-hydrogen) atoms. The van der Waals surface area contributed by atoms with Crippen molar-refractivity contribution in [2.24, 2.45) is 0 Å². The van der Waals surface area contributed by atoms with Gasteiger partial charge in [-0.15, -0.1) is 0 Å². The molecule has 2 heterocycles. The van der Waals surface area contributed by atoms with Crippen LogP contribution in [0.3, 0.4) is 0 Å². The monoisotopic (exact) mass is 289 g/mol. The Morgan fingerprint density at radius 2 is 2.29 bits per heavy atom. The zero-order chi connectivity index (χ0) is 15.2. The molecule has 0 saturated carbocycles. The van der Waals surface area contributed by atoms with Crippen LogP contribution >= 0.6 is 0 Å². The molecule has 1 aliphatic heterocycles. The highest BCUT2D eigenvalue weighted by atomic mass is 16.2. The summed E-state index contributed by atoms with van der Waals surface area (Å²) in [7, 11) is 0. The summed E-state index contributed by atoms with van der Waals surface area (Å²) in [6.07, 6.45) is 7.28. The number of hydrogen-bond acceptors (Lipinski definition) is 3. The molecule has 4 nitrogen and oxygen atoms in total. The fourth-order valence-corrected chi connectivity index (χ4v) is 2.86. The third-order valence-corrected chi connectivity index (χ3v) is 4.37. The van der Waals surface area contributed by atoms with E-state index in [0.717, 1.165) is 43.6 Å². The number of rotatable bonds is 5. The number of hydrogen-bond donors (Lipinski definition) is 1. The van der Waals surface area contributed by atoms with E-state index in [1.807, 2.05) is 17.0 Å². The number of aromatic nitrogens is 1. The molecule has 1 N–H and O–H groups in total. The molecule has 1 aliphatic rings. The first-order chi connectivity index (χ1) is 10.2. The molecule has 116 valence electrons. The highest BCUT2D eigenvalue weighted by Crippen LogP contribution is 2.22. The summed E-state index contributed by atoms with van der Waals surface area (Å²) in [4.78, 5) is 19.1. The Balaban J connectivity index is 2.13. The number of carbonyl (C=O) groups excluding carboxylic acids is 1. The Morgan fingerprint density at radius 3 is 3.00 bits per heavy atom. The second-order valence-corrected chi connectivity index (χ2v) is 5.94. The average molecular weight is 289 g/mol. The molecule has 1 amide bonds. The van der Waals surface area contributed by atoms with Crippen molar-refractivity contribution in [3.05, 3.63) is 23.9 Å². The fraction of sp³-hybridized carbons (Fsp3) is 0.647. The number of anilines is 1. The van der Waals surface area contributed by atoms with Crippen LogP contribution in [-0.4, -0.2) is 34.4 Å². The third-order valence-electron chi connectivity index (χ3n) is 4.37. The predicted molar refractivity (Wildman–Crippen MR) is 86.6 cm³/mol. The normalized spacial score (nSPS) is 20.1. The Bertz CT molecular complexity index is 475. The van der Waals surface area contributed by atoms with E-state index in [1.54, 1.807) is 6.20 Å². The van der Waals surface area contributed by atoms with E-state index in [9.17, 15) is 4.79 Å². The zero-order valence-corrected chi connectivity index (χ0v) is 13.4. The van der Waals surface area contributed by atoms with Crippen LogP contribution in [0.25, 0.3) is 0 Å². The van der Waals surface area contributed by atoms with Crippen molar-refractivity contribution in [3.63, 3.8) is 0 Å². The van der Waals surface area contributed by atoms with Crippen LogP contribution in [0.1, 0.15) is 63.2 Å². The average Bonchev–Trinajstić information content (AvgIpc) is 2.54. The van der Waals surface area contributed by atoms with Crippen molar-refractivity contribution in [2.75, 3.05) is 11.9 Å². The lowest BCUT2D eigenvalue weighted by Crippen LogP contribution is -2.43. The van der Waals surface area contributed by atoms with E-state index in [-0.39, 0.29) is 5.91 Å². The molecule has 1 saturated heterocycles. The lowest BCUT2D eigenvalue weighted by molar-refractivity contribution is 0.0608. The minimum atomic E-state index is 0.149. The number of amides is 1. The lowest BCUT2D eigenvalue weighted by Gasteiger charge is -2.35. The van der Waals surface area contributed by atoms with E-state index >= 15 is 0 Å². The number of piperidine rings is 1. The highest BCUT2D eigenvalue weighted by molar-refractivity contribution is 5.95. The van der Waals surface area contributed by atoms with Gasteiger partial charge < -0.3 is 10.2 Å². The molecule has 0 aromatic carbocycles. The van der Waals surface area contributed by atoms with Crippen LogP contribution in [-0.2, 0) is 0 Å². The number of nitrogens with one attached hydrogen (secondary N) is 1. The van der Waals surface area contributed by atoms with Crippen molar-refractivity contribution in [1.82, 2.24) is 9.88 Å².